The average molecular weight is 263 g/mol. The molecule has 0 radical (unpaired) electrons. The van der Waals surface area contributed by atoms with Gasteiger partial charge in [0.05, 0.1) is 7.11 Å². The molecule has 1 aliphatic carbocycles. The van der Waals surface area contributed by atoms with Gasteiger partial charge in [-0.15, -0.1) is 0 Å². The summed E-state index contributed by atoms with van der Waals surface area (Å²) < 4.78 is 10.3. The summed E-state index contributed by atoms with van der Waals surface area (Å²) in [7, 11) is 3.22. The molecular weight excluding hydrogens is 242 g/mol. The van der Waals surface area contributed by atoms with Crippen molar-refractivity contribution in [3.63, 3.8) is 0 Å². The van der Waals surface area contributed by atoms with Gasteiger partial charge in [0, 0.05) is 24.6 Å². The lowest BCUT2D eigenvalue weighted by Gasteiger charge is -2.43. The molecule has 0 unspecified atom stereocenters. The number of nitrogens with one attached hydrogen (secondary N) is 1. The van der Waals surface area contributed by atoms with E-state index in [4.69, 9.17) is 9.47 Å². The Bertz CT molecular complexity index is 441. The third-order valence-corrected chi connectivity index (χ3v) is 3.89. The SMILES string of the molecule is COCC(=O)NCC1(c2ccccc2OC)CCC1. The summed E-state index contributed by atoms with van der Waals surface area (Å²) in [5, 5.41) is 2.96. The van der Waals surface area contributed by atoms with E-state index in [1.807, 2.05) is 18.2 Å². The van der Waals surface area contributed by atoms with Crippen LogP contribution >= 0.6 is 0 Å². The number of amides is 1. The van der Waals surface area contributed by atoms with Gasteiger partial charge in [0.2, 0.25) is 5.91 Å². The Morgan fingerprint density at radius 2 is 2.05 bits per heavy atom. The standard InChI is InChI=1S/C15H21NO3/c1-18-10-14(17)16-11-15(8-5-9-15)12-6-3-4-7-13(12)19-2/h3-4,6-7H,5,8-11H2,1-2H3,(H,16,17). The number of carbonyl (C=O) groups excluding carboxylic acids is 1. The molecule has 0 aromatic heterocycles. The number of hydrogen-bond acceptors (Lipinski definition) is 3. The van der Waals surface area contributed by atoms with Crippen LogP contribution in [0.1, 0.15) is 24.8 Å². The Labute approximate surface area is 114 Å². The van der Waals surface area contributed by atoms with Crippen LogP contribution in [0.4, 0.5) is 0 Å². The number of rotatable bonds is 6. The molecule has 0 saturated heterocycles. The van der Waals surface area contributed by atoms with E-state index in [-0.39, 0.29) is 17.9 Å². The number of benzene rings is 1. The lowest BCUT2D eigenvalue weighted by atomic mass is 9.64. The minimum atomic E-state index is -0.0660. The van der Waals surface area contributed by atoms with Crippen molar-refractivity contribution in [3.8, 4) is 5.75 Å². The minimum Gasteiger partial charge on any atom is -0.496 e. The topological polar surface area (TPSA) is 47.6 Å². The Hall–Kier alpha value is -1.55. The summed E-state index contributed by atoms with van der Waals surface area (Å²) in [5.41, 5.74) is 1.22. The van der Waals surface area contributed by atoms with Crippen LogP contribution in [0.2, 0.25) is 0 Å². The normalized spacial score (nSPS) is 16.5. The number of hydrogen-bond donors (Lipinski definition) is 1. The molecule has 1 N–H and O–H groups in total. The Morgan fingerprint density at radius 3 is 2.63 bits per heavy atom. The molecular formula is C15H21NO3. The summed E-state index contributed by atoms with van der Waals surface area (Å²) >= 11 is 0. The van der Waals surface area contributed by atoms with Gasteiger partial charge in [-0.1, -0.05) is 24.6 Å². The van der Waals surface area contributed by atoms with Gasteiger partial charge in [0.15, 0.2) is 0 Å². The molecule has 104 valence electrons. The molecule has 2 rings (SSSR count). The van der Waals surface area contributed by atoms with E-state index < -0.39 is 0 Å². The van der Waals surface area contributed by atoms with E-state index >= 15 is 0 Å². The van der Waals surface area contributed by atoms with Crippen molar-refractivity contribution in [2.45, 2.75) is 24.7 Å². The van der Waals surface area contributed by atoms with Crippen LogP contribution in [0.5, 0.6) is 5.75 Å². The highest BCUT2D eigenvalue weighted by atomic mass is 16.5. The summed E-state index contributed by atoms with van der Waals surface area (Å²) in [6.45, 7) is 0.761. The van der Waals surface area contributed by atoms with E-state index in [2.05, 4.69) is 11.4 Å². The molecule has 19 heavy (non-hydrogen) atoms. The second-order valence-electron chi connectivity index (χ2n) is 5.04. The molecule has 4 heteroatoms. The van der Waals surface area contributed by atoms with Crippen molar-refractivity contribution < 1.29 is 14.3 Å². The summed E-state index contributed by atoms with van der Waals surface area (Å²) in [5.74, 6) is 0.840. The Morgan fingerprint density at radius 1 is 1.32 bits per heavy atom. The lowest BCUT2D eigenvalue weighted by Crippen LogP contribution is -2.46. The zero-order chi connectivity index (χ0) is 13.7. The first kappa shape index (κ1) is 13.9. The molecule has 1 aromatic carbocycles. The van der Waals surface area contributed by atoms with Crippen molar-refractivity contribution in [1.29, 1.82) is 0 Å². The van der Waals surface area contributed by atoms with Crippen LogP contribution in [-0.4, -0.2) is 33.3 Å². The second-order valence-corrected chi connectivity index (χ2v) is 5.04. The monoisotopic (exact) mass is 263 g/mol. The Balaban J connectivity index is 2.11. The molecule has 0 spiro atoms. The molecule has 1 saturated carbocycles. The summed E-state index contributed by atoms with van der Waals surface area (Å²) in [6, 6.07) is 8.07. The molecule has 1 aliphatic rings. The predicted molar refractivity (Wildman–Crippen MR) is 73.4 cm³/mol. The van der Waals surface area contributed by atoms with E-state index in [0.29, 0.717) is 6.54 Å². The maximum absolute atomic E-state index is 11.5. The fraction of sp³-hybridized carbons (Fsp3) is 0.533. The predicted octanol–water partition coefficient (Wildman–Crippen LogP) is 1.88. The maximum atomic E-state index is 11.5. The van der Waals surface area contributed by atoms with Gasteiger partial charge in [-0.25, -0.2) is 0 Å². The van der Waals surface area contributed by atoms with Gasteiger partial charge < -0.3 is 14.8 Å². The smallest absolute Gasteiger partial charge is 0.246 e. The zero-order valence-electron chi connectivity index (χ0n) is 11.6. The first-order valence-electron chi connectivity index (χ1n) is 6.61. The van der Waals surface area contributed by atoms with Gasteiger partial charge in [-0.3, -0.25) is 4.79 Å². The first-order chi connectivity index (χ1) is 9.22. The van der Waals surface area contributed by atoms with Crippen molar-refractivity contribution in [3.05, 3.63) is 29.8 Å². The molecule has 1 amide bonds. The van der Waals surface area contributed by atoms with Crippen molar-refractivity contribution >= 4 is 5.91 Å². The van der Waals surface area contributed by atoms with Crippen LogP contribution in [0.3, 0.4) is 0 Å². The number of para-hydroxylation sites is 1. The van der Waals surface area contributed by atoms with Crippen LogP contribution in [0.15, 0.2) is 24.3 Å². The van der Waals surface area contributed by atoms with Crippen LogP contribution < -0.4 is 10.1 Å². The van der Waals surface area contributed by atoms with Gasteiger partial charge in [0.25, 0.3) is 0 Å². The van der Waals surface area contributed by atoms with Crippen molar-refractivity contribution in [2.24, 2.45) is 0 Å². The fourth-order valence-electron chi connectivity index (χ4n) is 2.68. The van der Waals surface area contributed by atoms with E-state index in [1.165, 1.54) is 19.1 Å². The fourth-order valence-corrected chi connectivity index (χ4v) is 2.68. The molecule has 1 fully saturated rings. The van der Waals surface area contributed by atoms with Gasteiger partial charge in [-0.2, -0.15) is 0 Å². The number of methoxy groups -OCH3 is 2. The van der Waals surface area contributed by atoms with Crippen molar-refractivity contribution in [1.82, 2.24) is 5.32 Å². The van der Waals surface area contributed by atoms with Crippen molar-refractivity contribution in [2.75, 3.05) is 27.4 Å². The second kappa shape index (κ2) is 6.06. The van der Waals surface area contributed by atoms with E-state index in [9.17, 15) is 4.79 Å². The van der Waals surface area contributed by atoms with Gasteiger partial charge >= 0.3 is 0 Å². The lowest BCUT2D eigenvalue weighted by molar-refractivity contribution is -0.125. The molecule has 0 atom stereocenters. The van der Waals surface area contributed by atoms with Crippen LogP contribution in [0.25, 0.3) is 0 Å². The summed E-state index contributed by atoms with van der Waals surface area (Å²) in [4.78, 5) is 11.5. The maximum Gasteiger partial charge on any atom is 0.246 e. The minimum absolute atomic E-state index is 0.0238. The highest BCUT2D eigenvalue weighted by molar-refractivity contribution is 5.77. The molecule has 1 aromatic rings. The number of ether oxygens (including phenoxy) is 2. The Kier molecular flexibility index (Phi) is 4.43. The van der Waals surface area contributed by atoms with Gasteiger partial charge in [-0.05, 0) is 18.9 Å². The molecule has 0 aliphatic heterocycles. The van der Waals surface area contributed by atoms with E-state index in [1.54, 1.807) is 7.11 Å². The molecule has 0 bridgehead atoms. The highest BCUT2D eigenvalue weighted by Gasteiger charge is 2.40. The quantitative estimate of drug-likeness (QED) is 0.852. The average Bonchev–Trinajstić information content (AvgIpc) is 2.38. The summed E-state index contributed by atoms with van der Waals surface area (Å²) in [6.07, 6.45) is 3.36. The van der Waals surface area contributed by atoms with Crippen LogP contribution in [-0.2, 0) is 14.9 Å². The first-order valence-corrected chi connectivity index (χ1v) is 6.61. The highest BCUT2D eigenvalue weighted by Crippen LogP contribution is 2.46. The van der Waals surface area contributed by atoms with Crippen LogP contribution in [0, 0.1) is 0 Å². The molecule has 0 heterocycles. The third kappa shape index (κ3) is 2.89. The zero-order valence-corrected chi connectivity index (χ0v) is 11.6. The largest absolute Gasteiger partial charge is 0.496 e. The van der Waals surface area contributed by atoms with E-state index in [0.717, 1.165) is 18.6 Å². The number of carbonyl (C=O) groups is 1. The molecule has 4 nitrogen and oxygen atoms in total. The third-order valence-electron chi connectivity index (χ3n) is 3.89. The van der Waals surface area contributed by atoms with Gasteiger partial charge in [0.1, 0.15) is 12.4 Å².